The summed E-state index contributed by atoms with van der Waals surface area (Å²) in [6, 6.07) is 12.7. The highest BCUT2D eigenvalue weighted by Crippen LogP contribution is 2.48. The van der Waals surface area contributed by atoms with Crippen molar-refractivity contribution < 1.29 is 10.2 Å². The quantitative estimate of drug-likeness (QED) is 0.167. The number of rotatable bonds is 0. The topological polar surface area (TPSA) is 49.3 Å². The molecule has 194 valence electrons. The molecule has 0 radical (unpaired) electrons. The number of hydrogen-bond donors (Lipinski definition) is 2. The Morgan fingerprint density at radius 3 is 1.45 bits per heavy atom. The lowest BCUT2D eigenvalue weighted by molar-refractivity contribution is 0.410. The van der Waals surface area contributed by atoms with Gasteiger partial charge in [0, 0.05) is 48.6 Å². The number of aromatic hydroxyl groups is 2. The van der Waals surface area contributed by atoms with E-state index in [4.69, 9.17) is 23.2 Å². The van der Waals surface area contributed by atoms with Gasteiger partial charge in [0.15, 0.2) is 11.5 Å². The van der Waals surface area contributed by atoms with Crippen LogP contribution >= 0.6 is 23.2 Å². The van der Waals surface area contributed by atoms with Gasteiger partial charge >= 0.3 is 0 Å². The fourth-order valence-electron chi connectivity index (χ4n) is 7.94. The fourth-order valence-corrected chi connectivity index (χ4v) is 8.44. The first kappa shape index (κ1) is 24.8. The number of nitrogens with zero attached hydrogens (tertiary/aromatic N) is 2. The summed E-state index contributed by atoms with van der Waals surface area (Å²) in [4.78, 5) is 0. The van der Waals surface area contributed by atoms with Crippen LogP contribution in [0.4, 0.5) is 0 Å². The van der Waals surface area contributed by atoms with E-state index in [0.717, 1.165) is 70.3 Å². The van der Waals surface area contributed by atoms with Gasteiger partial charge in [0.2, 0.25) is 0 Å². The third kappa shape index (κ3) is 2.50. The van der Waals surface area contributed by atoms with Gasteiger partial charge in [-0.1, -0.05) is 57.2 Å². The Morgan fingerprint density at radius 1 is 0.452 bits per heavy atom. The van der Waals surface area contributed by atoms with Crippen LogP contribution in [0.5, 0.6) is 11.5 Å². The molecule has 0 saturated carbocycles. The molecule has 42 heavy (non-hydrogen) atoms. The SMILES string of the molecule is Bc1c(B)c(B)c2c(c1B)c1c(Cl)ccc3c4cc5c(cc4n2c31)c1ccc(Cl)c2c3c(B)c(B)c(O)c(O)c3n5c12. The van der Waals surface area contributed by atoms with Gasteiger partial charge < -0.3 is 19.0 Å². The second kappa shape index (κ2) is 7.61. The molecular weight excluding hydrogens is 556 g/mol. The zero-order valence-corrected chi connectivity index (χ0v) is 25.5. The molecule has 0 amide bonds. The van der Waals surface area contributed by atoms with Crippen molar-refractivity contribution in [2.24, 2.45) is 0 Å². The Labute approximate surface area is 255 Å². The van der Waals surface area contributed by atoms with Gasteiger partial charge in [-0.3, -0.25) is 0 Å². The van der Waals surface area contributed by atoms with Crippen molar-refractivity contribution in [1.29, 1.82) is 0 Å². The molecule has 4 aromatic heterocycles. The molecule has 0 saturated heterocycles. The van der Waals surface area contributed by atoms with Crippen LogP contribution in [-0.2, 0) is 0 Å². The van der Waals surface area contributed by atoms with Crippen LogP contribution in [-0.4, -0.2) is 66.1 Å². The van der Waals surface area contributed by atoms with E-state index < -0.39 is 0 Å². The number of aromatic nitrogens is 2. The van der Waals surface area contributed by atoms with E-state index in [1.165, 1.54) is 32.8 Å². The Balaban J connectivity index is 1.61. The molecule has 0 aliphatic rings. The minimum absolute atomic E-state index is 0.0929. The summed E-state index contributed by atoms with van der Waals surface area (Å²) in [5.41, 5.74) is 12.7. The van der Waals surface area contributed by atoms with Gasteiger partial charge in [-0.2, -0.15) is 0 Å². The molecule has 0 atom stereocenters. The van der Waals surface area contributed by atoms with E-state index in [9.17, 15) is 10.2 Å². The summed E-state index contributed by atoms with van der Waals surface area (Å²) in [6.45, 7) is 0. The molecule has 5 aromatic carbocycles. The van der Waals surface area contributed by atoms with Crippen LogP contribution in [0.25, 0.3) is 76.2 Å². The number of phenols is 2. The molecular formula is C30H20B6Cl2N2O2. The maximum atomic E-state index is 11.4. The lowest BCUT2D eigenvalue weighted by Gasteiger charge is -2.14. The minimum Gasteiger partial charge on any atom is -0.505 e. The maximum absolute atomic E-state index is 11.4. The van der Waals surface area contributed by atoms with E-state index in [1.54, 1.807) is 0 Å². The van der Waals surface area contributed by atoms with E-state index in [0.29, 0.717) is 16.0 Å². The molecule has 4 heterocycles. The number of hydrogen-bond acceptors (Lipinski definition) is 2. The van der Waals surface area contributed by atoms with Crippen molar-refractivity contribution in [2.75, 3.05) is 0 Å². The largest absolute Gasteiger partial charge is 0.505 e. The molecule has 4 nitrogen and oxygen atoms in total. The fraction of sp³-hybridized carbons (Fsp3) is 0. The zero-order chi connectivity index (χ0) is 29.3. The number of phenolic OH excluding ortho intramolecular Hbond substituents is 2. The third-order valence-corrected chi connectivity index (χ3v) is 11.1. The Bertz CT molecular complexity index is 2560. The molecule has 12 heteroatoms. The molecule has 0 unspecified atom stereocenters. The molecule has 2 N–H and O–H groups in total. The highest BCUT2D eigenvalue weighted by Gasteiger charge is 2.28. The van der Waals surface area contributed by atoms with Gasteiger partial charge in [-0.25, -0.2) is 0 Å². The van der Waals surface area contributed by atoms with Crippen LogP contribution in [0.3, 0.4) is 0 Å². The van der Waals surface area contributed by atoms with E-state index in [-0.39, 0.29) is 11.5 Å². The van der Waals surface area contributed by atoms with Gasteiger partial charge in [0.1, 0.15) is 47.1 Å². The predicted octanol–water partition coefficient (Wildman–Crippen LogP) is -1.74. The van der Waals surface area contributed by atoms with Crippen molar-refractivity contribution >= 4 is 179 Å². The third-order valence-electron chi connectivity index (χ3n) is 10.5. The average Bonchev–Trinajstić information content (AvgIpc) is 3.69. The second-order valence-electron chi connectivity index (χ2n) is 12.1. The van der Waals surface area contributed by atoms with E-state index in [2.05, 4.69) is 64.5 Å². The molecule has 0 bridgehead atoms. The first-order chi connectivity index (χ1) is 20.0. The summed E-state index contributed by atoms with van der Waals surface area (Å²) in [5.74, 6) is -0.215. The van der Waals surface area contributed by atoms with Crippen molar-refractivity contribution in [2.45, 2.75) is 0 Å². The zero-order valence-electron chi connectivity index (χ0n) is 24.0. The Kier molecular flexibility index (Phi) is 4.50. The monoisotopic (exact) mass is 576 g/mol. The lowest BCUT2D eigenvalue weighted by Crippen LogP contribution is -2.47. The standard InChI is InChI=1S/C30H20B6Cl2N2O2/c31-19-17-15-11(37)3-1-7-9-6-14-10(5-13(9)39(25(7)15)27(17)23(35)22(34)21(19)33)8-2-4-12(38)16-18-20(32)24(36)29(41)30(42)28(18)40(14)26(8)16/h1-6,41-42H,31-36H2. The van der Waals surface area contributed by atoms with Gasteiger partial charge in [0.05, 0.1) is 37.6 Å². The lowest BCUT2D eigenvalue weighted by atomic mass is 9.65. The van der Waals surface area contributed by atoms with E-state index >= 15 is 0 Å². The maximum Gasteiger partial charge on any atom is 0.182 e. The molecule has 9 rings (SSSR count). The normalized spacial score (nSPS) is 12.8. The van der Waals surface area contributed by atoms with Gasteiger partial charge in [-0.15, -0.1) is 5.46 Å². The first-order valence-electron chi connectivity index (χ1n) is 14.1. The summed E-state index contributed by atoms with van der Waals surface area (Å²) < 4.78 is 4.50. The van der Waals surface area contributed by atoms with Crippen molar-refractivity contribution in [3.8, 4) is 11.5 Å². The molecule has 9 aromatic rings. The van der Waals surface area contributed by atoms with Crippen LogP contribution in [0.15, 0.2) is 36.4 Å². The molecule has 0 aliphatic carbocycles. The summed E-state index contributed by atoms with van der Waals surface area (Å²) in [5, 5.41) is 32.1. The van der Waals surface area contributed by atoms with Crippen LogP contribution in [0.1, 0.15) is 0 Å². The Hall–Kier alpha value is -3.73. The van der Waals surface area contributed by atoms with Crippen molar-refractivity contribution in [1.82, 2.24) is 8.80 Å². The first-order valence-corrected chi connectivity index (χ1v) is 14.9. The molecule has 0 aliphatic heterocycles. The number of halogens is 2. The minimum atomic E-state index is -0.122. The highest BCUT2D eigenvalue weighted by atomic mass is 35.5. The van der Waals surface area contributed by atoms with E-state index in [1.807, 2.05) is 27.8 Å². The summed E-state index contributed by atoms with van der Waals surface area (Å²) in [7, 11) is 12.6. The second-order valence-corrected chi connectivity index (χ2v) is 12.9. The predicted molar refractivity (Wildman–Crippen MR) is 198 cm³/mol. The molecule has 0 spiro atoms. The highest BCUT2D eigenvalue weighted by molar-refractivity contribution is 6.68. The van der Waals surface area contributed by atoms with Gasteiger partial charge in [0.25, 0.3) is 0 Å². The smallest absolute Gasteiger partial charge is 0.182 e. The van der Waals surface area contributed by atoms with Crippen LogP contribution in [0, 0.1) is 0 Å². The van der Waals surface area contributed by atoms with Crippen molar-refractivity contribution in [3.63, 3.8) is 0 Å². The number of fused-ring (bicyclic) bond motifs is 12. The Morgan fingerprint density at radius 2 is 0.905 bits per heavy atom. The summed E-state index contributed by atoms with van der Waals surface area (Å²) in [6.07, 6.45) is 0. The average molecular weight is 576 g/mol. The molecule has 0 fully saturated rings. The van der Waals surface area contributed by atoms with Gasteiger partial charge in [-0.05, 0) is 29.7 Å². The number of benzene rings is 5. The van der Waals surface area contributed by atoms with Crippen molar-refractivity contribution in [3.05, 3.63) is 46.4 Å². The van der Waals surface area contributed by atoms with Crippen LogP contribution < -0.4 is 32.8 Å². The van der Waals surface area contributed by atoms with Crippen LogP contribution in [0.2, 0.25) is 10.0 Å². The summed E-state index contributed by atoms with van der Waals surface area (Å²) >= 11 is 13.9.